The number of anilines is 1. The molecule has 0 saturated carbocycles. The number of carbonyl (C=O) groups excluding carboxylic acids is 1. The molecule has 1 aliphatic heterocycles. The maximum absolute atomic E-state index is 12.0. The van der Waals surface area contributed by atoms with E-state index < -0.39 is 5.41 Å². The van der Waals surface area contributed by atoms with E-state index in [2.05, 4.69) is 5.32 Å². The molecule has 2 aromatic rings. The molecule has 1 atom stereocenters. The van der Waals surface area contributed by atoms with Crippen molar-refractivity contribution in [2.24, 2.45) is 5.73 Å². The summed E-state index contributed by atoms with van der Waals surface area (Å²) >= 11 is 7.69. The van der Waals surface area contributed by atoms with Crippen LogP contribution in [0.5, 0.6) is 0 Å². The highest BCUT2D eigenvalue weighted by Crippen LogP contribution is 2.40. The molecule has 3 nitrogen and oxygen atoms in total. The van der Waals surface area contributed by atoms with Crippen LogP contribution in [0.15, 0.2) is 29.6 Å². The van der Waals surface area contributed by atoms with Crippen LogP contribution in [-0.4, -0.2) is 5.91 Å². The summed E-state index contributed by atoms with van der Waals surface area (Å²) in [6.07, 6.45) is 0. The van der Waals surface area contributed by atoms with Crippen LogP contribution < -0.4 is 11.1 Å². The molecule has 1 aromatic carbocycles. The van der Waals surface area contributed by atoms with Crippen LogP contribution in [0.25, 0.3) is 0 Å². The maximum Gasteiger partial charge on any atom is 0.234 e. The van der Waals surface area contributed by atoms with Crippen molar-refractivity contribution in [2.75, 3.05) is 5.32 Å². The highest BCUT2D eigenvalue weighted by Gasteiger charge is 2.38. The summed E-state index contributed by atoms with van der Waals surface area (Å²) < 4.78 is 0. The summed E-state index contributed by atoms with van der Waals surface area (Å²) in [6.45, 7) is 3.84. The van der Waals surface area contributed by atoms with Gasteiger partial charge in [0.2, 0.25) is 5.91 Å². The zero-order valence-corrected chi connectivity index (χ0v) is 12.8. The number of halogens is 1. The Hall–Kier alpha value is -1.36. The Morgan fingerprint density at radius 1 is 1.35 bits per heavy atom. The Morgan fingerprint density at radius 3 is 2.75 bits per heavy atom. The number of carbonyl (C=O) groups is 1. The number of benzene rings is 1. The Balaban J connectivity index is 2.04. The van der Waals surface area contributed by atoms with E-state index in [0.717, 1.165) is 21.7 Å². The van der Waals surface area contributed by atoms with E-state index in [1.807, 2.05) is 43.5 Å². The number of hydrogen-bond acceptors (Lipinski definition) is 3. The van der Waals surface area contributed by atoms with Gasteiger partial charge in [-0.05, 0) is 42.5 Å². The second-order valence-electron chi connectivity index (χ2n) is 5.49. The smallest absolute Gasteiger partial charge is 0.234 e. The molecule has 0 fully saturated rings. The quantitative estimate of drug-likeness (QED) is 0.889. The van der Waals surface area contributed by atoms with E-state index >= 15 is 0 Å². The minimum absolute atomic E-state index is 0.0207. The van der Waals surface area contributed by atoms with Gasteiger partial charge in [0.15, 0.2) is 0 Å². The molecule has 2 heterocycles. The molecular weight excluding hydrogens is 292 g/mol. The first-order valence-corrected chi connectivity index (χ1v) is 7.61. The summed E-state index contributed by atoms with van der Waals surface area (Å²) in [4.78, 5) is 12.9. The van der Waals surface area contributed by atoms with Crippen molar-refractivity contribution in [1.82, 2.24) is 0 Å². The summed E-state index contributed by atoms with van der Waals surface area (Å²) in [5.74, 6) is 0.0207. The van der Waals surface area contributed by atoms with Crippen LogP contribution in [0.2, 0.25) is 5.02 Å². The van der Waals surface area contributed by atoms with Gasteiger partial charge in [-0.15, -0.1) is 11.3 Å². The largest absolute Gasteiger partial charge is 0.325 e. The van der Waals surface area contributed by atoms with Gasteiger partial charge >= 0.3 is 0 Å². The number of hydrogen-bond donors (Lipinski definition) is 2. The third kappa shape index (κ3) is 1.95. The van der Waals surface area contributed by atoms with Crippen molar-refractivity contribution < 1.29 is 4.79 Å². The predicted octanol–water partition coefficient (Wildman–Crippen LogP) is 3.68. The Kier molecular flexibility index (Phi) is 3.12. The van der Waals surface area contributed by atoms with E-state index in [0.29, 0.717) is 5.02 Å². The van der Waals surface area contributed by atoms with Gasteiger partial charge in [0.25, 0.3) is 0 Å². The first-order valence-electron chi connectivity index (χ1n) is 6.35. The number of nitrogens with one attached hydrogen (secondary N) is 1. The van der Waals surface area contributed by atoms with E-state index in [4.69, 9.17) is 17.3 Å². The van der Waals surface area contributed by atoms with Crippen LogP contribution in [-0.2, 0) is 10.2 Å². The molecule has 3 rings (SSSR count). The molecule has 1 unspecified atom stereocenters. The first-order chi connectivity index (χ1) is 9.41. The normalized spacial score (nSPS) is 17.7. The molecule has 0 spiro atoms. The average Bonchev–Trinajstić information content (AvgIpc) is 2.92. The lowest BCUT2D eigenvalue weighted by atomic mass is 9.84. The SMILES string of the molecule is CC1(C)C(=O)Nc2ccc(C(N)c3sccc3Cl)cc21. The monoisotopic (exact) mass is 306 g/mol. The van der Waals surface area contributed by atoms with Gasteiger partial charge < -0.3 is 11.1 Å². The number of amides is 1. The van der Waals surface area contributed by atoms with Gasteiger partial charge in [0.1, 0.15) is 0 Å². The third-order valence-corrected chi connectivity index (χ3v) is 5.26. The van der Waals surface area contributed by atoms with Gasteiger partial charge in [0, 0.05) is 10.6 Å². The summed E-state index contributed by atoms with van der Waals surface area (Å²) in [7, 11) is 0. The predicted molar refractivity (Wildman–Crippen MR) is 83.5 cm³/mol. The number of fused-ring (bicyclic) bond motifs is 1. The fourth-order valence-electron chi connectivity index (χ4n) is 2.46. The lowest BCUT2D eigenvalue weighted by Crippen LogP contribution is -2.27. The maximum atomic E-state index is 12.0. The standard InChI is InChI=1S/C15H15ClN2OS/c1-15(2)9-7-8(3-4-11(9)18-14(15)19)12(17)13-10(16)5-6-20-13/h3-7,12H,17H2,1-2H3,(H,18,19). The number of nitrogens with two attached hydrogens (primary N) is 1. The van der Waals surface area contributed by atoms with Crippen molar-refractivity contribution in [2.45, 2.75) is 25.3 Å². The van der Waals surface area contributed by atoms with Crippen molar-refractivity contribution >= 4 is 34.5 Å². The number of rotatable bonds is 2. The van der Waals surface area contributed by atoms with Crippen LogP contribution in [0, 0.1) is 0 Å². The molecule has 20 heavy (non-hydrogen) atoms. The molecule has 3 N–H and O–H groups in total. The van der Waals surface area contributed by atoms with Crippen LogP contribution in [0.1, 0.15) is 35.9 Å². The van der Waals surface area contributed by atoms with E-state index in [1.54, 1.807) is 11.3 Å². The minimum atomic E-state index is -0.524. The summed E-state index contributed by atoms with van der Waals surface area (Å²) in [6, 6.07) is 7.46. The third-order valence-electron chi connectivity index (χ3n) is 3.82. The fourth-order valence-corrected chi connectivity index (χ4v) is 3.66. The molecule has 104 valence electrons. The second kappa shape index (κ2) is 4.58. The molecule has 0 bridgehead atoms. The molecule has 1 aromatic heterocycles. The first kappa shape index (κ1) is 13.6. The van der Waals surface area contributed by atoms with Crippen molar-refractivity contribution in [3.05, 3.63) is 50.7 Å². The number of thiophene rings is 1. The average molecular weight is 307 g/mol. The minimum Gasteiger partial charge on any atom is -0.325 e. The molecule has 5 heteroatoms. The van der Waals surface area contributed by atoms with E-state index in [-0.39, 0.29) is 11.9 Å². The highest BCUT2D eigenvalue weighted by atomic mass is 35.5. The zero-order valence-electron chi connectivity index (χ0n) is 11.2. The molecule has 1 amide bonds. The van der Waals surface area contributed by atoms with Gasteiger partial charge in [-0.3, -0.25) is 4.79 Å². The Bertz CT molecular complexity index is 693. The van der Waals surface area contributed by atoms with Gasteiger partial charge in [-0.25, -0.2) is 0 Å². The highest BCUT2D eigenvalue weighted by molar-refractivity contribution is 7.10. The van der Waals surface area contributed by atoms with Crippen molar-refractivity contribution in [3.63, 3.8) is 0 Å². The van der Waals surface area contributed by atoms with Crippen LogP contribution in [0.3, 0.4) is 0 Å². The topological polar surface area (TPSA) is 55.1 Å². The fraction of sp³-hybridized carbons (Fsp3) is 0.267. The molecular formula is C15H15ClN2OS. The lowest BCUT2D eigenvalue weighted by Gasteiger charge is -2.18. The molecule has 1 aliphatic rings. The van der Waals surface area contributed by atoms with Crippen LogP contribution >= 0.6 is 22.9 Å². The second-order valence-corrected chi connectivity index (χ2v) is 6.85. The van der Waals surface area contributed by atoms with E-state index in [1.165, 1.54) is 0 Å². The summed E-state index contributed by atoms with van der Waals surface area (Å²) in [5.41, 5.74) is 8.60. The molecule has 0 radical (unpaired) electrons. The zero-order chi connectivity index (χ0) is 14.5. The van der Waals surface area contributed by atoms with Crippen LogP contribution in [0.4, 0.5) is 5.69 Å². The molecule has 0 aliphatic carbocycles. The van der Waals surface area contributed by atoms with Gasteiger partial charge in [-0.2, -0.15) is 0 Å². The Morgan fingerprint density at radius 2 is 2.10 bits per heavy atom. The summed E-state index contributed by atoms with van der Waals surface area (Å²) in [5, 5.41) is 5.52. The Labute approximate surface area is 126 Å². The van der Waals surface area contributed by atoms with Crippen molar-refractivity contribution in [3.8, 4) is 0 Å². The lowest BCUT2D eigenvalue weighted by molar-refractivity contribution is -0.119. The van der Waals surface area contributed by atoms with Crippen molar-refractivity contribution in [1.29, 1.82) is 0 Å². The molecule has 0 saturated heterocycles. The van der Waals surface area contributed by atoms with Gasteiger partial charge in [0.05, 0.1) is 16.5 Å². The van der Waals surface area contributed by atoms with E-state index in [9.17, 15) is 4.79 Å². The van der Waals surface area contributed by atoms with Gasteiger partial charge in [-0.1, -0.05) is 23.7 Å².